The first-order valence-electron chi connectivity index (χ1n) is 12.7. The van der Waals surface area contributed by atoms with E-state index in [-0.39, 0.29) is 10.6 Å². The van der Waals surface area contributed by atoms with Gasteiger partial charge in [0.15, 0.2) is 0 Å². The quantitative estimate of drug-likeness (QED) is 0.142. The Morgan fingerprint density at radius 3 is 1.66 bits per heavy atom. The van der Waals surface area contributed by atoms with Crippen molar-refractivity contribution < 1.29 is 4.92 Å². The Balaban J connectivity index is 0.000000156. The van der Waals surface area contributed by atoms with Crippen LogP contribution in [0.5, 0.6) is 0 Å². The van der Waals surface area contributed by atoms with Crippen molar-refractivity contribution in [1.82, 2.24) is 9.13 Å². The van der Waals surface area contributed by atoms with Gasteiger partial charge in [-0.25, -0.2) is 0 Å². The van der Waals surface area contributed by atoms with Crippen molar-refractivity contribution in [1.29, 1.82) is 0 Å². The molecule has 6 nitrogen and oxygen atoms in total. The Morgan fingerprint density at radius 2 is 1.13 bits per heavy atom. The van der Waals surface area contributed by atoms with E-state index in [4.69, 9.17) is 5.73 Å². The molecule has 0 aliphatic heterocycles. The van der Waals surface area contributed by atoms with E-state index in [2.05, 4.69) is 69.9 Å². The van der Waals surface area contributed by atoms with Gasteiger partial charge < -0.3 is 14.9 Å². The minimum Gasteiger partial charge on any atom is -0.399 e. The number of anilines is 1. The number of benzene rings is 4. The number of fused-ring (bicyclic) bond motifs is 2. The average Bonchev–Trinajstić information content (AvgIpc) is 3.55. The number of aromatic nitrogens is 2. The van der Waals surface area contributed by atoms with Crippen molar-refractivity contribution in [2.45, 2.75) is 25.9 Å². The predicted octanol–water partition coefficient (Wildman–Crippen LogP) is 7.26. The van der Waals surface area contributed by atoms with Gasteiger partial charge in [-0.3, -0.25) is 10.1 Å². The van der Waals surface area contributed by atoms with Gasteiger partial charge in [0.1, 0.15) is 0 Å². The molecule has 0 atom stereocenters. The predicted molar refractivity (Wildman–Crippen MR) is 155 cm³/mol. The van der Waals surface area contributed by atoms with Gasteiger partial charge in [-0.2, -0.15) is 0 Å². The van der Waals surface area contributed by atoms with Gasteiger partial charge in [-0.1, -0.05) is 60.7 Å². The summed E-state index contributed by atoms with van der Waals surface area (Å²) >= 11 is 0. The maximum Gasteiger partial charge on any atom is 0.270 e. The maximum absolute atomic E-state index is 10.8. The van der Waals surface area contributed by atoms with Crippen LogP contribution in [0.1, 0.15) is 11.1 Å². The second-order valence-electron chi connectivity index (χ2n) is 9.31. The fourth-order valence-electron chi connectivity index (χ4n) is 4.70. The standard InChI is InChI=1S/C16H14N2O2.C16H16N2/c19-18(20)15-6-7-16-14(12-15)9-11-17(16)10-8-13-4-2-1-3-5-13;17-15-6-7-16-14(12-15)9-11-18(16)10-8-13-4-2-1-3-5-13/h1-7,9,11-12H,8,10H2;1-7,9,11-12H,8,10,17H2. The molecule has 2 heterocycles. The molecule has 6 rings (SSSR count). The van der Waals surface area contributed by atoms with Crippen molar-refractivity contribution in [2.24, 2.45) is 0 Å². The first-order valence-corrected chi connectivity index (χ1v) is 12.7. The summed E-state index contributed by atoms with van der Waals surface area (Å²) in [5.41, 5.74) is 11.7. The smallest absolute Gasteiger partial charge is 0.270 e. The fraction of sp³-hybridized carbons (Fsp3) is 0.125. The Hall–Kier alpha value is -4.84. The topological polar surface area (TPSA) is 79.0 Å². The highest BCUT2D eigenvalue weighted by molar-refractivity contribution is 5.83. The van der Waals surface area contributed by atoms with Crippen molar-refractivity contribution in [3.63, 3.8) is 0 Å². The second kappa shape index (κ2) is 11.5. The molecule has 6 aromatic rings. The molecular formula is C32H30N4O2. The molecule has 0 unspecified atom stereocenters. The molecule has 0 saturated heterocycles. The van der Waals surface area contributed by atoms with Crippen LogP contribution < -0.4 is 5.73 Å². The average molecular weight is 503 g/mol. The molecule has 0 aliphatic rings. The SMILES string of the molecule is Nc1ccc2c(ccn2CCc2ccccc2)c1.O=[N+]([O-])c1ccc2c(ccn2CCc2ccccc2)c1. The Bertz CT molecular complexity index is 1650. The van der Waals surface area contributed by atoms with Crippen LogP contribution in [0.15, 0.2) is 122 Å². The molecule has 0 radical (unpaired) electrons. The molecule has 190 valence electrons. The summed E-state index contributed by atoms with van der Waals surface area (Å²) in [6, 6.07) is 36.0. The third-order valence-electron chi connectivity index (χ3n) is 6.73. The van der Waals surface area contributed by atoms with Crippen molar-refractivity contribution in [3.05, 3.63) is 143 Å². The van der Waals surface area contributed by atoms with E-state index in [0.717, 1.165) is 42.5 Å². The maximum atomic E-state index is 10.8. The lowest BCUT2D eigenvalue weighted by Crippen LogP contribution is -1.99. The van der Waals surface area contributed by atoms with Crippen LogP contribution in [-0.2, 0) is 25.9 Å². The number of nitro benzene ring substituents is 1. The number of hydrogen-bond donors (Lipinski definition) is 1. The lowest BCUT2D eigenvalue weighted by atomic mass is 10.1. The van der Waals surface area contributed by atoms with E-state index < -0.39 is 0 Å². The number of non-ortho nitro benzene ring substituents is 1. The summed E-state index contributed by atoms with van der Waals surface area (Å²) in [5, 5.41) is 12.9. The Kier molecular flexibility index (Phi) is 7.50. The lowest BCUT2D eigenvalue weighted by molar-refractivity contribution is -0.384. The van der Waals surface area contributed by atoms with E-state index in [0.29, 0.717) is 0 Å². The third kappa shape index (κ3) is 5.93. The zero-order valence-electron chi connectivity index (χ0n) is 21.1. The van der Waals surface area contributed by atoms with Crippen LogP contribution in [-0.4, -0.2) is 14.1 Å². The van der Waals surface area contributed by atoms with Crippen molar-refractivity contribution in [2.75, 3.05) is 5.73 Å². The van der Waals surface area contributed by atoms with Crippen LogP contribution in [0.3, 0.4) is 0 Å². The van der Waals surface area contributed by atoms with Crippen LogP contribution >= 0.6 is 0 Å². The fourth-order valence-corrected chi connectivity index (χ4v) is 4.70. The summed E-state index contributed by atoms with van der Waals surface area (Å²) in [6.45, 7) is 1.86. The minimum absolute atomic E-state index is 0.137. The highest BCUT2D eigenvalue weighted by Crippen LogP contribution is 2.22. The zero-order valence-corrected chi connectivity index (χ0v) is 21.1. The Labute approximate surface area is 221 Å². The van der Waals surface area contributed by atoms with Gasteiger partial charge in [0.25, 0.3) is 5.69 Å². The summed E-state index contributed by atoms with van der Waals surface area (Å²) in [5.74, 6) is 0. The van der Waals surface area contributed by atoms with Crippen molar-refractivity contribution >= 4 is 33.2 Å². The first-order chi connectivity index (χ1) is 18.6. The molecule has 6 heteroatoms. The van der Waals surface area contributed by atoms with Crippen LogP contribution in [0, 0.1) is 10.1 Å². The van der Waals surface area contributed by atoms with Gasteiger partial charge in [0, 0.05) is 65.1 Å². The number of nitro groups is 1. The Morgan fingerprint density at radius 1 is 0.632 bits per heavy atom. The molecular weight excluding hydrogens is 472 g/mol. The summed E-state index contributed by atoms with van der Waals surface area (Å²) in [6.07, 6.45) is 6.11. The van der Waals surface area contributed by atoms with Gasteiger partial charge in [0.05, 0.1) is 4.92 Å². The van der Waals surface area contributed by atoms with Gasteiger partial charge in [-0.15, -0.1) is 0 Å². The molecule has 0 bridgehead atoms. The summed E-state index contributed by atoms with van der Waals surface area (Å²) in [7, 11) is 0. The number of nitrogen functional groups attached to an aromatic ring is 1. The number of nitrogens with two attached hydrogens (primary N) is 1. The lowest BCUT2D eigenvalue weighted by Gasteiger charge is -2.06. The van der Waals surface area contributed by atoms with E-state index in [1.54, 1.807) is 12.1 Å². The highest BCUT2D eigenvalue weighted by Gasteiger charge is 2.08. The zero-order chi connectivity index (χ0) is 26.3. The monoisotopic (exact) mass is 502 g/mol. The van der Waals surface area contributed by atoms with Gasteiger partial charge in [-0.05, 0) is 60.4 Å². The molecule has 0 aliphatic carbocycles. The van der Waals surface area contributed by atoms with Gasteiger partial charge >= 0.3 is 0 Å². The van der Waals surface area contributed by atoms with E-state index in [1.165, 1.54) is 22.0 Å². The second-order valence-corrected chi connectivity index (χ2v) is 9.31. The molecule has 4 aromatic carbocycles. The van der Waals surface area contributed by atoms with Crippen molar-refractivity contribution in [3.8, 4) is 0 Å². The third-order valence-corrected chi connectivity index (χ3v) is 6.73. The van der Waals surface area contributed by atoms with Crippen LogP contribution in [0.4, 0.5) is 11.4 Å². The largest absolute Gasteiger partial charge is 0.399 e. The minimum atomic E-state index is -0.360. The van der Waals surface area contributed by atoms with E-state index >= 15 is 0 Å². The number of aryl methyl sites for hydroxylation is 4. The van der Waals surface area contributed by atoms with E-state index in [9.17, 15) is 10.1 Å². The van der Waals surface area contributed by atoms with Crippen LogP contribution in [0.2, 0.25) is 0 Å². The summed E-state index contributed by atoms with van der Waals surface area (Å²) < 4.78 is 4.41. The van der Waals surface area contributed by atoms with Gasteiger partial charge in [0.2, 0.25) is 0 Å². The molecule has 38 heavy (non-hydrogen) atoms. The number of nitrogens with zero attached hydrogens (tertiary/aromatic N) is 3. The first kappa shape index (κ1) is 24.8. The molecule has 2 aromatic heterocycles. The van der Waals surface area contributed by atoms with E-state index in [1.807, 2.05) is 48.7 Å². The molecule has 0 spiro atoms. The summed E-state index contributed by atoms with van der Waals surface area (Å²) in [4.78, 5) is 10.4. The molecule has 0 amide bonds. The number of hydrogen-bond acceptors (Lipinski definition) is 3. The molecule has 0 saturated carbocycles. The normalized spacial score (nSPS) is 10.8. The molecule has 0 fully saturated rings. The molecule has 2 N–H and O–H groups in total. The highest BCUT2D eigenvalue weighted by atomic mass is 16.6. The number of rotatable bonds is 7. The van der Waals surface area contributed by atoms with Crippen LogP contribution in [0.25, 0.3) is 21.8 Å².